The van der Waals surface area contributed by atoms with E-state index < -0.39 is 15.7 Å². The molecule has 0 saturated carbocycles. The van der Waals surface area contributed by atoms with E-state index in [2.05, 4.69) is 39.2 Å². The Kier molecular flexibility index (Phi) is 6.85. The van der Waals surface area contributed by atoms with E-state index >= 15 is 0 Å². The van der Waals surface area contributed by atoms with Gasteiger partial charge in [-0.05, 0) is 54.1 Å². The molecule has 39 heavy (non-hydrogen) atoms. The van der Waals surface area contributed by atoms with Crippen LogP contribution in [0.4, 0.5) is 10.1 Å². The number of anilines is 1. The lowest BCUT2D eigenvalue weighted by atomic mass is 10.1. The Hall–Kier alpha value is -3.72. The summed E-state index contributed by atoms with van der Waals surface area (Å²) >= 11 is 6.05. The van der Waals surface area contributed by atoms with Gasteiger partial charge in [-0.25, -0.2) is 17.5 Å². The maximum Gasteiger partial charge on any atom is 0.226 e. The van der Waals surface area contributed by atoms with Gasteiger partial charge < -0.3 is 4.90 Å². The molecular formula is C30H26ClFN4O2S. The zero-order chi connectivity index (χ0) is 27.0. The van der Waals surface area contributed by atoms with Crippen LogP contribution in [0.1, 0.15) is 5.56 Å². The molecule has 2 heterocycles. The predicted molar refractivity (Wildman–Crippen MR) is 152 cm³/mol. The van der Waals surface area contributed by atoms with E-state index in [0.29, 0.717) is 16.6 Å². The lowest BCUT2D eigenvalue weighted by Gasteiger charge is -2.36. The molecule has 5 aromatic rings. The second-order valence-electron chi connectivity index (χ2n) is 9.58. The number of nitrogens with zero attached hydrogens (tertiary/aromatic N) is 4. The third-order valence-corrected chi connectivity index (χ3v) is 9.06. The summed E-state index contributed by atoms with van der Waals surface area (Å²) < 4.78 is 42.9. The summed E-state index contributed by atoms with van der Waals surface area (Å²) in [5.74, 6) is -0.553. The predicted octanol–water partition coefficient (Wildman–Crippen LogP) is 5.97. The molecule has 1 aliphatic heterocycles. The zero-order valence-electron chi connectivity index (χ0n) is 21.0. The van der Waals surface area contributed by atoms with E-state index in [1.54, 1.807) is 30.3 Å². The van der Waals surface area contributed by atoms with Crippen molar-refractivity contribution < 1.29 is 12.8 Å². The average molecular weight is 561 g/mol. The van der Waals surface area contributed by atoms with Gasteiger partial charge in [0.2, 0.25) is 9.84 Å². The normalized spacial score (nSPS) is 14.7. The molecule has 0 amide bonds. The highest BCUT2D eigenvalue weighted by molar-refractivity contribution is 7.91. The number of hydrogen-bond donors (Lipinski definition) is 0. The third kappa shape index (κ3) is 5.03. The standard InChI is InChI=1S/C30H26ClFN4O2S/c31-27-20-24(11-13-28(27)32)36-29-14-12-23(35-17-15-34(16-18-35)21-22-7-3-1-4-8-22)19-26(29)30(33-36)39(37,38)25-9-5-2-6-10-25/h1-14,19-20H,15-18,21H2. The van der Waals surface area contributed by atoms with Gasteiger partial charge in [0.15, 0.2) is 5.03 Å². The maximum atomic E-state index is 13.9. The highest BCUT2D eigenvalue weighted by atomic mass is 35.5. The van der Waals surface area contributed by atoms with Crippen molar-refractivity contribution in [2.75, 3.05) is 31.1 Å². The minimum atomic E-state index is -3.93. The molecule has 0 aliphatic carbocycles. The molecule has 0 radical (unpaired) electrons. The number of sulfone groups is 1. The first-order valence-corrected chi connectivity index (χ1v) is 14.6. The quantitative estimate of drug-likeness (QED) is 0.256. The fourth-order valence-corrected chi connectivity index (χ4v) is 6.56. The van der Waals surface area contributed by atoms with Gasteiger partial charge in [0.1, 0.15) is 5.82 Å². The summed E-state index contributed by atoms with van der Waals surface area (Å²) in [6.45, 7) is 4.34. The minimum absolute atomic E-state index is 0.0475. The maximum absolute atomic E-state index is 13.9. The summed E-state index contributed by atoms with van der Waals surface area (Å²) in [4.78, 5) is 4.85. The van der Waals surface area contributed by atoms with Crippen LogP contribution in [0.2, 0.25) is 5.02 Å². The first kappa shape index (κ1) is 25.6. The Balaban J connectivity index is 1.37. The smallest absolute Gasteiger partial charge is 0.226 e. The SMILES string of the molecule is O=S(=O)(c1ccccc1)c1nn(-c2ccc(F)c(Cl)c2)c2ccc(N3CCN(Cc4ccccc4)CC3)cc12. The Morgan fingerprint density at radius 3 is 2.15 bits per heavy atom. The van der Waals surface area contributed by atoms with Crippen molar-refractivity contribution in [1.82, 2.24) is 14.7 Å². The number of halogens is 2. The number of fused-ring (bicyclic) bond motifs is 1. The second kappa shape index (κ2) is 10.4. The molecule has 0 N–H and O–H groups in total. The molecule has 6 nitrogen and oxygen atoms in total. The van der Waals surface area contributed by atoms with Crippen molar-refractivity contribution in [3.8, 4) is 5.69 Å². The van der Waals surface area contributed by atoms with Gasteiger partial charge in [0, 0.05) is 43.8 Å². The van der Waals surface area contributed by atoms with E-state index in [1.807, 2.05) is 24.3 Å². The number of benzene rings is 4. The monoisotopic (exact) mass is 560 g/mol. The van der Waals surface area contributed by atoms with Crippen molar-refractivity contribution in [1.29, 1.82) is 0 Å². The van der Waals surface area contributed by atoms with Gasteiger partial charge in [-0.3, -0.25) is 4.90 Å². The van der Waals surface area contributed by atoms with Crippen LogP contribution in [0.5, 0.6) is 0 Å². The largest absolute Gasteiger partial charge is 0.369 e. The minimum Gasteiger partial charge on any atom is -0.369 e. The molecule has 4 aromatic carbocycles. The van der Waals surface area contributed by atoms with Crippen LogP contribution in [0, 0.1) is 5.82 Å². The molecule has 6 rings (SSSR count). The topological polar surface area (TPSA) is 58.4 Å². The molecular weight excluding hydrogens is 535 g/mol. The third-order valence-electron chi connectivity index (χ3n) is 7.07. The van der Waals surface area contributed by atoms with Crippen molar-refractivity contribution in [2.45, 2.75) is 16.5 Å². The molecule has 1 aromatic heterocycles. The second-order valence-corrected chi connectivity index (χ2v) is 11.9. The van der Waals surface area contributed by atoms with Crippen molar-refractivity contribution in [3.63, 3.8) is 0 Å². The summed E-state index contributed by atoms with van der Waals surface area (Å²) in [6, 6.07) is 28.7. The molecule has 1 aliphatic rings. The first-order valence-electron chi connectivity index (χ1n) is 12.7. The van der Waals surface area contributed by atoms with Gasteiger partial charge >= 0.3 is 0 Å². The van der Waals surface area contributed by atoms with E-state index in [9.17, 15) is 12.8 Å². The van der Waals surface area contributed by atoms with E-state index in [0.717, 1.165) is 38.4 Å². The molecule has 0 atom stereocenters. The number of aromatic nitrogens is 2. The Morgan fingerprint density at radius 2 is 1.46 bits per heavy atom. The van der Waals surface area contributed by atoms with Gasteiger partial charge in [0.05, 0.1) is 21.1 Å². The number of piperazine rings is 1. The lowest BCUT2D eigenvalue weighted by Crippen LogP contribution is -2.45. The number of rotatable bonds is 6. The molecule has 1 saturated heterocycles. The van der Waals surface area contributed by atoms with Crippen LogP contribution in [0.15, 0.2) is 107 Å². The van der Waals surface area contributed by atoms with E-state index in [1.165, 1.54) is 28.4 Å². The fraction of sp³-hybridized carbons (Fsp3) is 0.167. The highest BCUT2D eigenvalue weighted by Gasteiger charge is 2.27. The molecule has 0 bridgehead atoms. The Bertz CT molecular complexity index is 1740. The highest BCUT2D eigenvalue weighted by Crippen LogP contribution is 2.33. The van der Waals surface area contributed by atoms with Gasteiger partial charge in [-0.1, -0.05) is 60.1 Å². The van der Waals surface area contributed by atoms with Crippen LogP contribution in [-0.4, -0.2) is 49.3 Å². The average Bonchev–Trinajstić information content (AvgIpc) is 3.36. The molecule has 1 fully saturated rings. The van der Waals surface area contributed by atoms with Gasteiger partial charge in [-0.15, -0.1) is 0 Å². The van der Waals surface area contributed by atoms with Crippen LogP contribution in [0.3, 0.4) is 0 Å². The Morgan fingerprint density at radius 1 is 0.795 bits per heavy atom. The zero-order valence-corrected chi connectivity index (χ0v) is 22.6. The summed E-state index contributed by atoms with van der Waals surface area (Å²) in [7, 11) is -3.93. The summed E-state index contributed by atoms with van der Waals surface area (Å²) in [5, 5.41) is 4.94. The van der Waals surface area contributed by atoms with Gasteiger partial charge in [-0.2, -0.15) is 5.10 Å². The van der Waals surface area contributed by atoms with E-state index in [4.69, 9.17) is 11.6 Å². The van der Waals surface area contributed by atoms with Crippen molar-refractivity contribution in [2.24, 2.45) is 0 Å². The molecule has 0 spiro atoms. The lowest BCUT2D eigenvalue weighted by molar-refractivity contribution is 0.250. The first-order chi connectivity index (χ1) is 18.9. The fourth-order valence-electron chi connectivity index (χ4n) is 5.00. The van der Waals surface area contributed by atoms with E-state index in [-0.39, 0.29) is 14.9 Å². The van der Waals surface area contributed by atoms with Crippen molar-refractivity contribution >= 4 is 38.0 Å². The summed E-state index contributed by atoms with van der Waals surface area (Å²) in [5.41, 5.74) is 3.29. The molecule has 0 unspecified atom stereocenters. The van der Waals surface area contributed by atoms with Crippen LogP contribution < -0.4 is 4.90 Å². The van der Waals surface area contributed by atoms with Gasteiger partial charge in [0.25, 0.3) is 0 Å². The van der Waals surface area contributed by atoms with Crippen molar-refractivity contribution in [3.05, 3.63) is 113 Å². The van der Waals surface area contributed by atoms with Crippen LogP contribution in [0.25, 0.3) is 16.6 Å². The molecule has 198 valence electrons. The number of hydrogen-bond acceptors (Lipinski definition) is 5. The van der Waals surface area contributed by atoms with Crippen LogP contribution in [-0.2, 0) is 16.4 Å². The molecule has 9 heteroatoms. The van der Waals surface area contributed by atoms with Crippen LogP contribution >= 0.6 is 11.6 Å². The Labute approximate surface area is 231 Å². The summed E-state index contributed by atoms with van der Waals surface area (Å²) in [6.07, 6.45) is 0.